The Morgan fingerprint density at radius 2 is 1.80 bits per heavy atom. The van der Waals surface area contributed by atoms with Crippen molar-refractivity contribution >= 4 is 39.4 Å². The van der Waals surface area contributed by atoms with E-state index in [1.807, 2.05) is 0 Å². The van der Waals surface area contributed by atoms with Gasteiger partial charge in [-0.05, 0) is 24.3 Å². The van der Waals surface area contributed by atoms with Crippen LogP contribution in [-0.2, 0) is 11.0 Å². The highest BCUT2D eigenvalue weighted by Crippen LogP contribution is 2.31. The summed E-state index contributed by atoms with van der Waals surface area (Å²) >= 11 is 3.97. The molecule has 0 radical (unpaired) electrons. The summed E-state index contributed by atoms with van der Waals surface area (Å²) in [7, 11) is 0. The molecule has 0 amide bonds. The number of alkyl halides is 3. The molecule has 1 aromatic heterocycles. The molecular formula is C16H11BrF3NO3S. The van der Waals surface area contributed by atoms with Crippen molar-refractivity contribution in [2.75, 3.05) is 0 Å². The number of pyridine rings is 1. The second-order valence-electron chi connectivity index (χ2n) is 4.96. The average molecular weight is 434 g/mol. The number of hydrogen-bond donors (Lipinski definition) is 1. The molecule has 0 saturated heterocycles. The summed E-state index contributed by atoms with van der Waals surface area (Å²) in [6.07, 6.45) is -4.18. The maximum Gasteiger partial charge on any atom is 0.417 e. The summed E-state index contributed by atoms with van der Waals surface area (Å²) in [5.41, 5.74) is -0.565. The minimum Gasteiger partial charge on any atom is -0.480 e. The zero-order chi connectivity index (χ0) is 18.6. The molecule has 132 valence electrons. The Labute approximate surface area is 153 Å². The molecule has 0 spiro atoms. The minimum absolute atomic E-state index is 0.101. The summed E-state index contributed by atoms with van der Waals surface area (Å²) in [4.78, 5) is 27.2. The first-order valence-corrected chi connectivity index (χ1v) is 8.55. The number of carbonyl (C=O) groups excluding carboxylic acids is 1. The van der Waals surface area contributed by atoms with Gasteiger partial charge in [0.15, 0.2) is 5.78 Å². The third-order valence-corrected chi connectivity index (χ3v) is 4.80. The number of halogens is 4. The van der Waals surface area contributed by atoms with E-state index >= 15 is 0 Å². The van der Waals surface area contributed by atoms with Crippen LogP contribution >= 0.6 is 27.7 Å². The topological polar surface area (TPSA) is 67.3 Å². The Morgan fingerprint density at radius 1 is 1.16 bits per heavy atom. The first-order valence-electron chi connectivity index (χ1n) is 6.88. The van der Waals surface area contributed by atoms with Crippen LogP contribution in [0.1, 0.15) is 22.3 Å². The Hall–Kier alpha value is -1.87. The normalized spacial score (nSPS) is 12.6. The number of nitrogens with zero attached hydrogens (tertiary/aromatic N) is 1. The number of carboxylic acid groups (broad SMARTS) is 1. The van der Waals surface area contributed by atoms with E-state index < -0.39 is 23.0 Å². The standard InChI is InChI=1S/C16H11BrF3NO3S/c17-11-4-1-9(2-5-11)12(22)7-13(15(23)24)25-14-6-3-10(8-21-14)16(18,19)20/h1-6,8,13H,7H2,(H,23,24)/t13-/m1/s1. The maximum absolute atomic E-state index is 12.5. The van der Waals surface area contributed by atoms with Crippen molar-refractivity contribution in [1.29, 1.82) is 0 Å². The largest absolute Gasteiger partial charge is 0.480 e. The van der Waals surface area contributed by atoms with Crippen molar-refractivity contribution in [2.24, 2.45) is 0 Å². The molecule has 1 heterocycles. The fraction of sp³-hybridized carbons (Fsp3) is 0.188. The van der Waals surface area contributed by atoms with Crippen LogP contribution in [-0.4, -0.2) is 27.1 Å². The number of rotatable bonds is 6. The molecule has 1 aromatic carbocycles. The van der Waals surface area contributed by atoms with Gasteiger partial charge >= 0.3 is 12.1 Å². The lowest BCUT2D eigenvalue weighted by Gasteiger charge is -2.12. The van der Waals surface area contributed by atoms with Crippen LogP contribution in [0.15, 0.2) is 52.1 Å². The van der Waals surface area contributed by atoms with E-state index in [9.17, 15) is 27.9 Å². The molecule has 0 aliphatic carbocycles. The van der Waals surface area contributed by atoms with E-state index in [-0.39, 0.29) is 17.2 Å². The molecule has 1 N–H and O–H groups in total. The molecule has 9 heteroatoms. The highest BCUT2D eigenvalue weighted by atomic mass is 79.9. The smallest absolute Gasteiger partial charge is 0.417 e. The van der Waals surface area contributed by atoms with Gasteiger partial charge in [0.2, 0.25) is 0 Å². The zero-order valence-electron chi connectivity index (χ0n) is 12.5. The van der Waals surface area contributed by atoms with Gasteiger partial charge in [-0.3, -0.25) is 9.59 Å². The summed E-state index contributed by atoms with van der Waals surface area (Å²) in [5, 5.41) is 8.22. The van der Waals surface area contributed by atoms with Gasteiger partial charge in [0.05, 0.1) is 10.6 Å². The van der Waals surface area contributed by atoms with Crippen molar-refractivity contribution in [2.45, 2.75) is 22.9 Å². The molecule has 0 aliphatic rings. The van der Waals surface area contributed by atoms with Gasteiger partial charge in [-0.15, -0.1) is 0 Å². The van der Waals surface area contributed by atoms with Crippen LogP contribution in [0, 0.1) is 0 Å². The first kappa shape index (κ1) is 19.5. The number of benzene rings is 1. The third kappa shape index (κ3) is 5.57. The van der Waals surface area contributed by atoms with Crippen LogP contribution in [0.3, 0.4) is 0 Å². The van der Waals surface area contributed by atoms with Gasteiger partial charge in [0.25, 0.3) is 0 Å². The molecule has 2 aromatic rings. The Bertz CT molecular complexity index is 764. The lowest BCUT2D eigenvalue weighted by molar-refractivity contribution is -0.138. The van der Waals surface area contributed by atoms with Crippen LogP contribution in [0.2, 0.25) is 0 Å². The lowest BCUT2D eigenvalue weighted by Crippen LogP contribution is -2.20. The van der Waals surface area contributed by atoms with Crippen LogP contribution in [0.4, 0.5) is 13.2 Å². The van der Waals surface area contributed by atoms with Crippen LogP contribution in [0.5, 0.6) is 0 Å². The molecule has 25 heavy (non-hydrogen) atoms. The Balaban J connectivity index is 2.09. The van der Waals surface area contributed by atoms with Gasteiger partial charge in [0.1, 0.15) is 5.25 Å². The molecule has 2 rings (SSSR count). The van der Waals surface area contributed by atoms with Gasteiger partial charge in [-0.25, -0.2) is 4.98 Å². The second-order valence-corrected chi connectivity index (χ2v) is 7.10. The van der Waals surface area contributed by atoms with Crippen LogP contribution < -0.4 is 0 Å². The van der Waals surface area contributed by atoms with Gasteiger partial charge in [-0.2, -0.15) is 13.2 Å². The van der Waals surface area contributed by atoms with E-state index in [0.717, 1.165) is 28.4 Å². The molecular weight excluding hydrogens is 423 g/mol. The molecule has 0 unspecified atom stereocenters. The van der Waals surface area contributed by atoms with E-state index in [1.165, 1.54) is 0 Å². The summed E-state index contributed by atoms with van der Waals surface area (Å²) in [6.45, 7) is 0. The average Bonchev–Trinajstić information content (AvgIpc) is 2.54. The fourth-order valence-electron chi connectivity index (χ4n) is 1.86. The van der Waals surface area contributed by atoms with E-state index in [1.54, 1.807) is 24.3 Å². The van der Waals surface area contributed by atoms with Crippen molar-refractivity contribution in [3.05, 3.63) is 58.2 Å². The molecule has 0 bridgehead atoms. The van der Waals surface area contributed by atoms with Crippen LogP contribution in [0.25, 0.3) is 0 Å². The van der Waals surface area contributed by atoms with E-state index in [0.29, 0.717) is 11.8 Å². The number of ketones is 1. The first-order chi connectivity index (χ1) is 11.7. The zero-order valence-corrected chi connectivity index (χ0v) is 14.9. The summed E-state index contributed by atoms with van der Waals surface area (Å²) in [6, 6.07) is 8.36. The SMILES string of the molecule is O=C(C[C@@H](Sc1ccc(C(F)(F)F)cn1)C(=O)O)c1ccc(Br)cc1. The Morgan fingerprint density at radius 3 is 2.28 bits per heavy atom. The van der Waals surface area contributed by atoms with Crippen molar-refractivity contribution in [3.8, 4) is 0 Å². The third-order valence-electron chi connectivity index (χ3n) is 3.14. The maximum atomic E-state index is 12.5. The number of Topliss-reactive ketones (excluding diaryl/α,β-unsaturated/α-hetero) is 1. The number of aliphatic carboxylic acids is 1. The highest BCUT2D eigenvalue weighted by Gasteiger charge is 2.31. The molecule has 0 saturated carbocycles. The number of thioether (sulfide) groups is 1. The highest BCUT2D eigenvalue weighted by molar-refractivity contribution is 9.10. The summed E-state index contributed by atoms with van der Waals surface area (Å²) < 4.78 is 38.3. The summed E-state index contributed by atoms with van der Waals surface area (Å²) in [5.74, 6) is -1.61. The monoisotopic (exact) mass is 433 g/mol. The molecule has 0 fully saturated rings. The molecule has 4 nitrogen and oxygen atoms in total. The van der Waals surface area contributed by atoms with Gasteiger partial charge < -0.3 is 5.11 Å². The number of carbonyl (C=O) groups is 2. The molecule has 0 aliphatic heterocycles. The predicted octanol–water partition coefficient (Wildman–Crippen LogP) is 4.68. The Kier molecular flexibility index (Phi) is 6.23. The second kappa shape index (κ2) is 8.01. The van der Waals surface area contributed by atoms with Crippen molar-refractivity contribution in [1.82, 2.24) is 4.98 Å². The van der Waals surface area contributed by atoms with E-state index in [2.05, 4.69) is 20.9 Å². The van der Waals surface area contributed by atoms with Crippen molar-refractivity contribution < 1.29 is 27.9 Å². The van der Waals surface area contributed by atoms with Crippen molar-refractivity contribution in [3.63, 3.8) is 0 Å². The lowest BCUT2D eigenvalue weighted by atomic mass is 10.1. The molecule has 1 atom stereocenters. The fourth-order valence-corrected chi connectivity index (χ4v) is 3.02. The minimum atomic E-state index is -4.51. The van der Waals surface area contributed by atoms with Gasteiger partial charge in [-0.1, -0.05) is 39.8 Å². The number of carboxylic acids is 1. The number of aromatic nitrogens is 1. The van der Waals surface area contributed by atoms with Gasteiger partial charge in [0, 0.05) is 22.7 Å². The van der Waals surface area contributed by atoms with E-state index in [4.69, 9.17) is 0 Å². The predicted molar refractivity (Wildman–Crippen MR) is 89.6 cm³/mol. The quantitative estimate of drug-likeness (QED) is 0.528. The number of hydrogen-bond acceptors (Lipinski definition) is 4.